The van der Waals surface area contributed by atoms with Gasteiger partial charge >= 0.3 is 0 Å². The Balaban J connectivity index is 2.21. The molecule has 4 heteroatoms. The molecule has 1 saturated heterocycles. The Morgan fingerprint density at radius 2 is 2.32 bits per heavy atom. The van der Waals surface area contributed by atoms with E-state index >= 15 is 0 Å². The molecule has 2 rings (SSSR count). The zero-order valence-electron chi connectivity index (χ0n) is 11.4. The molecule has 19 heavy (non-hydrogen) atoms. The molecule has 1 aliphatic heterocycles. The molecule has 1 aromatic carbocycles. The van der Waals surface area contributed by atoms with Crippen molar-refractivity contribution < 1.29 is 0 Å². The average molecular weight is 346 g/mol. The van der Waals surface area contributed by atoms with Gasteiger partial charge in [-0.1, -0.05) is 40.9 Å². The monoisotopic (exact) mass is 344 g/mol. The summed E-state index contributed by atoms with van der Waals surface area (Å²) in [5.41, 5.74) is 7.17. The first kappa shape index (κ1) is 15.3. The quantitative estimate of drug-likeness (QED) is 0.885. The van der Waals surface area contributed by atoms with Gasteiger partial charge in [0.2, 0.25) is 0 Å². The summed E-state index contributed by atoms with van der Waals surface area (Å²) in [5, 5.41) is 0.817. The SMILES string of the molecule is CCC1CCCN(C(CN)c2cc(Br)ccc2Cl)C1. The maximum absolute atomic E-state index is 6.36. The van der Waals surface area contributed by atoms with Crippen molar-refractivity contribution in [1.29, 1.82) is 0 Å². The number of piperidine rings is 1. The van der Waals surface area contributed by atoms with E-state index in [4.69, 9.17) is 17.3 Å². The molecule has 1 fully saturated rings. The highest BCUT2D eigenvalue weighted by molar-refractivity contribution is 9.10. The van der Waals surface area contributed by atoms with Crippen molar-refractivity contribution in [1.82, 2.24) is 4.90 Å². The van der Waals surface area contributed by atoms with Crippen LogP contribution in [0.4, 0.5) is 0 Å². The van der Waals surface area contributed by atoms with Gasteiger partial charge in [0, 0.05) is 28.6 Å². The molecular weight excluding hydrogens is 324 g/mol. The van der Waals surface area contributed by atoms with Crippen LogP contribution in [0.1, 0.15) is 37.8 Å². The Labute approximate surface area is 129 Å². The minimum atomic E-state index is 0.236. The largest absolute Gasteiger partial charge is 0.329 e. The highest BCUT2D eigenvalue weighted by atomic mass is 79.9. The number of halogens is 2. The predicted octanol–water partition coefficient (Wildman–Crippen LogP) is 4.22. The van der Waals surface area contributed by atoms with Gasteiger partial charge in [-0.2, -0.15) is 0 Å². The minimum absolute atomic E-state index is 0.236. The van der Waals surface area contributed by atoms with Crippen molar-refractivity contribution >= 4 is 27.5 Å². The fourth-order valence-electron chi connectivity index (χ4n) is 2.96. The van der Waals surface area contributed by atoms with Crippen LogP contribution in [0.3, 0.4) is 0 Å². The van der Waals surface area contributed by atoms with Gasteiger partial charge in [-0.15, -0.1) is 0 Å². The lowest BCUT2D eigenvalue weighted by atomic mass is 9.93. The van der Waals surface area contributed by atoms with Gasteiger partial charge in [-0.05, 0) is 49.1 Å². The van der Waals surface area contributed by atoms with Crippen molar-refractivity contribution in [3.05, 3.63) is 33.3 Å². The lowest BCUT2D eigenvalue weighted by molar-refractivity contribution is 0.124. The van der Waals surface area contributed by atoms with E-state index in [0.717, 1.165) is 34.1 Å². The van der Waals surface area contributed by atoms with E-state index in [1.807, 2.05) is 12.1 Å². The molecule has 2 atom stereocenters. The Morgan fingerprint density at radius 3 is 3.00 bits per heavy atom. The van der Waals surface area contributed by atoms with Gasteiger partial charge < -0.3 is 5.73 Å². The molecule has 1 aliphatic rings. The second-order valence-corrected chi connectivity index (χ2v) is 6.65. The van der Waals surface area contributed by atoms with Crippen LogP contribution in [0.5, 0.6) is 0 Å². The molecule has 0 bridgehead atoms. The first-order valence-electron chi connectivity index (χ1n) is 7.04. The molecule has 2 N–H and O–H groups in total. The Morgan fingerprint density at radius 1 is 1.53 bits per heavy atom. The van der Waals surface area contributed by atoms with Crippen molar-refractivity contribution in [2.45, 2.75) is 32.2 Å². The van der Waals surface area contributed by atoms with Crippen molar-refractivity contribution in [2.24, 2.45) is 11.7 Å². The number of likely N-dealkylation sites (tertiary alicyclic amines) is 1. The van der Waals surface area contributed by atoms with Gasteiger partial charge in [-0.25, -0.2) is 0 Å². The van der Waals surface area contributed by atoms with E-state index in [-0.39, 0.29) is 6.04 Å². The van der Waals surface area contributed by atoms with E-state index in [1.54, 1.807) is 0 Å². The van der Waals surface area contributed by atoms with Crippen molar-refractivity contribution in [3.8, 4) is 0 Å². The summed E-state index contributed by atoms with van der Waals surface area (Å²) in [4.78, 5) is 2.51. The van der Waals surface area contributed by atoms with Gasteiger partial charge in [0.25, 0.3) is 0 Å². The summed E-state index contributed by atoms with van der Waals surface area (Å²) in [5.74, 6) is 0.800. The number of hydrogen-bond acceptors (Lipinski definition) is 2. The van der Waals surface area contributed by atoms with E-state index in [1.165, 1.54) is 19.3 Å². The zero-order chi connectivity index (χ0) is 13.8. The topological polar surface area (TPSA) is 29.3 Å². The number of nitrogens with zero attached hydrogens (tertiary/aromatic N) is 1. The summed E-state index contributed by atoms with van der Waals surface area (Å²) in [6, 6.07) is 6.27. The second-order valence-electron chi connectivity index (χ2n) is 5.33. The number of hydrogen-bond donors (Lipinski definition) is 1. The fourth-order valence-corrected chi connectivity index (χ4v) is 3.58. The maximum atomic E-state index is 6.36. The summed E-state index contributed by atoms with van der Waals surface area (Å²) in [7, 11) is 0. The van der Waals surface area contributed by atoms with Crippen LogP contribution in [-0.4, -0.2) is 24.5 Å². The molecule has 1 aromatic rings. The third-order valence-corrected chi connectivity index (χ3v) is 4.95. The number of benzene rings is 1. The molecule has 1 heterocycles. The van der Waals surface area contributed by atoms with Crippen LogP contribution < -0.4 is 5.73 Å². The lowest BCUT2D eigenvalue weighted by Gasteiger charge is -2.38. The van der Waals surface area contributed by atoms with Crippen LogP contribution >= 0.6 is 27.5 Å². The average Bonchev–Trinajstić information content (AvgIpc) is 2.44. The van der Waals surface area contributed by atoms with Gasteiger partial charge in [0.05, 0.1) is 0 Å². The first-order chi connectivity index (χ1) is 9.15. The van der Waals surface area contributed by atoms with Crippen LogP contribution in [0.2, 0.25) is 5.02 Å². The summed E-state index contributed by atoms with van der Waals surface area (Å²) in [6.07, 6.45) is 3.86. The smallest absolute Gasteiger partial charge is 0.0485 e. The van der Waals surface area contributed by atoms with E-state index < -0.39 is 0 Å². The lowest BCUT2D eigenvalue weighted by Crippen LogP contribution is -2.41. The molecule has 0 spiro atoms. The molecule has 0 aliphatic carbocycles. The second kappa shape index (κ2) is 7.07. The van der Waals surface area contributed by atoms with Crippen LogP contribution in [0.25, 0.3) is 0 Å². The fraction of sp³-hybridized carbons (Fsp3) is 0.600. The molecule has 0 radical (unpaired) electrons. The standard InChI is InChI=1S/C15H22BrClN2/c1-2-11-4-3-7-19(10-11)15(9-18)13-8-12(16)5-6-14(13)17/h5-6,8,11,15H,2-4,7,9-10,18H2,1H3. The number of nitrogens with two attached hydrogens (primary N) is 1. The Kier molecular flexibility index (Phi) is 5.70. The molecule has 0 amide bonds. The third kappa shape index (κ3) is 3.72. The molecular formula is C15H22BrClN2. The zero-order valence-corrected chi connectivity index (χ0v) is 13.8. The maximum Gasteiger partial charge on any atom is 0.0485 e. The van der Waals surface area contributed by atoms with Gasteiger partial charge in [0.15, 0.2) is 0 Å². The van der Waals surface area contributed by atoms with Crippen molar-refractivity contribution in [2.75, 3.05) is 19.6 Å². The number of rotatable bonds is 4. The van der Waals surface area contributed by atoms with Crippen molar-refractivity contribution in [3.63, 3.8) is 0 Å². The molecule has 106 valence electrons. The Hall–Kier alpha value is -0.0900. The van der Waals surface area contributed by atoms with E-state index in [0.29, 0.717) is 6.54 Å². The van der Waals surface area contributed by atoms with Gasteiger partial charge in [-0.3, -0.25) is 4.90 Å². The van der Waals surface area contributed by atoms with Crippen LogP contribution in [-0.2, 0) is 0 Å². The molecule has 0 aromatic heterocycles. The normalized spacial score (nSPS) is 22.4. The van der Waals surface area contributed by atoms with Crippen LogP contribution in [0.15, 0.2) is 22.7 Å². The van der Waals surface area contributed by atoms with E-state index in [2.05, 4.69) is 33.8 Å². The molecule has 2 nitrogen and oxygen atoms in total. The molecule has 2 unspecified atom stereocenters. The highest BCUT2D eigenvalue weighted by Gasteiger charge is 2.26. The molecule has 0 saturated carbocycles. The van der Waals surface area contributed by atoms with Gasteiger partial charge in [0.1, 0.15) is 0 Å². The highest BCUT2D eigenvalue weighted by Crippen LogP contribution is 2.32. The summed E-state index contributed by atoms with van der Waals surface area (Å²) >= 11 is 9.88. The third-order valence-electron chi connectivity index (χ3n) is 4.11. The predicted molar refractivity (Wildman–Crippen MR) is 85.5 cm³/mol. The Bertz CT molecular complexity index is 425. The first-order valence-corrected chi connectivity index (χ1v) is 8.21. The van der Waals surface area contributed by atoms with E-state index in [9.17, 15) is 0 Å². The summed E-state index contributed by atoms with van der Waals surface area (Å²) in [6.45, 7) is 5.16. The minimum Gasteiger partial charge on any atom is -0.329 e. The summed E-state index contributed by atoms with van der Waals surface area (Å²) < 4.78 is 1.06. The van der Waals surface area contributed by atoms with Crippen LogP contribution in [0, 0.1) is 5.92 Å².